The Morgan fingerprint density at radius 3 is 1.62 bits per heavy atom. The predicted octanol–water partition coefficient (Wildman–Crippen LogP) is 0.647. The van der Waals surface area contributed by atoms with Gasteiger partial charge >= 0.3 is 0 Å². The maximum atomic E-state index is 3.67. The number of hydrogen-bond donors (Lipinski definition) is 0. The van der Waals surface area contributed by atoms with Crippen LogP contribution in [-0.4, -0.2) is 9.97 Å². The van der Waals surface area contributed by atoms with Crippen molar-refractivity contribution in [2.24, 2.45) is 0 Å². The first kappa shape index (κ1) is 10.8. The van der Waals surface area contributed by atoms with Crippen LogP contribution in [0.5, 0.6) is 0 Å². The van der Waals surface area contributed by atoms with Crippen LogP contribution in [0.15, 0.2) is 24.8 Å². The van der Waals surface area contributed by atoms with Gasteiger partial charge in [-0.1, -0.05) is 0 Å². The van der Waals surface area contributed by atoms with Crippen LogP contribution in [-0.2, 0) is 0 Å². The highest BCUT2D eigenvalue weighted by molar-refractivity contribution is 7.59. The summed E-state index contributed by atoms with van der Waals surface area (Å²) in [6.07, 6.45) is 4.88. The molecule has 1 aromatic heterocycles. The van der Waals surface area contributed by atoms with Crippen LogP contribution in [0.1, 0.15) is 0 Å². The highest BCUT2D eigenvalue weighted by Gasteiger charge is 1.59. The second-order valence-corrected chi connectivity index (χ2v) is 0.904. The molecule has 0 saturated heterocycles. The standard InChI is InChI=1S/C4H4N2.H3P.H2S/c1-2-5-4-6-3-1;;/h1-4H;1H3;1H2. The summed E-state index contributed by atoms with van der Waals surface area (Å²) >= 11 is 0. The molecule has 1 atom stereocenters. The second kappa shape index (κ2) is 6.86. The highest BCUT2D eigenvalue weighted by Crippen LogP contribution is 1.66. The lowest BCUT2D eigenvalue weighted by Crippen LogP contribution is -1.66. The van der Waals surface area contributed by atoms with E-state index in [1.807, 2.05) is 0 Å². The van der Waals surface area contributed by atoms with Gasteiger partial charge in [0.25, 0.3) is 0 Å². The van der Waals surface area contributed by atoms with E-state index in [0.717, 1.165) is 0 Å². The number of rotatable bonds is 0. The molecule has 0 aliphatic carbocycles. The topological polar surface area (TPSA) is 25.8 Å². The van der Waals surface area contributed by atoms with Crippen molar-refractivity contribution in [1.29, 1.82) is 0 Å². The molecule has 0 bridgehead atoms. The maximum absolute atomic E-state index is 3.67. The van der Waals surface area contributed by atoms with Crippen LogP contribution in [0.3, 0.4) is 0 Å². The van der Waals surface area contributed by atoms with Crippen molar-refractivity contribution in [3.8, 4) is 0 Å². The molecule has 1 aromatic rings. The van der Waals surface area contributed by atoms with Gasteiger partial charge in [-0.2, -0.15) is 23.4 Å². The van der Waals surface area contributed by atoms with Gasteiger partial charge in [0.1, 0.15) is 6.33 Å². The minimum atomic E-state index is 0. The first-order valence-corrected chi connectivity index (χ1v) is 1.70. The third-order valence-electron chi connectivity index (χ3n) is 0.478. The Morgan fingerprint density at radius 1 is 1.00 bits per heavy atom. The number of nitrogens with zero attached hydrogens (tertiary/aromatic N) is 2. The first-order chi connectivity index (χ1) is 3.00. The van der Waals surface area contributed by atoms with E-state index in [4.69, 9.17) is 0 Å². The fraction of sp³-hybridized carbons (Fsp3) is 0. The Kier molecular flexibility index (Phi) is 9.24. The summed E-state index contributed by atoms with van der Waals surface area (Å²) in [5, 5.41) is 0. The first-order valence-electron chi connectivity index (χ1n) is 1.70. The normalized spacial score (nSPS) is 6.00. The largest absolute Gasteiger partial charge is 0.245 e. The molecule has 1 rings (SSSR count). The summed E-state index contributed by atoms with van der Waals surface area (Å²) < 4.78 is 0. The molecule has 0 radical (unpaired) electrons. The Labute approximate surface area is 58.8 Å². The van der Waals surface area contributed by atoms with Crippen LogP contribution in [0, 0.1) is 0 Å². The lowest BCUT2D eigenvalue weighted by Gasteiger charge is -1.70. The fourth-order valence-electron chi connectivity index (χ4n) is 0.253. The molecule has 46 valence electrons. The average Bonchev–Trinajstić information content (AvgIpc) is 1.72. The Hall–Kier alpha value is -0.140. The van der Waals surface area contributed by atoms with Crippen LogP contribution in [0.2, 0.25) is 0 Å². The fourth-order valence-corrected chi connectivity index (χ4v) is 0.253. The zero-order valence-electron chi connectivity index (χ0n) is 4.41. The van der Waals surface area contributed by atoms with Gasteiger partial charge in [-0.15, -0.1) is 0 Å². The zero-order chi connectivity index (χ0) is 4.24. The van der Waals surface area contributed by atoms with E-state index < -0.39 is 0 Å². The van der Waals surface area contributed by atoms with Gasteiger partial charge in [-0.3, -0.25) is 0 Å². The summed E-state index contributed by atoms with van der Waals surface area (Å²) in [6, 6.07) is 1.78. The van der Waals surface area contributed by atoms with Gasteiger partial charge in [0.05, 0.1) is 0 Å². The van der Waals surface area contributed by atoms with E-state index in [-0.39, 0.29) is 23.4 Å². The van der Waals surface area contributed by atoms with E-state index in [1.165, 1.54) is 6.33 Å². The second-order valence-electron chi connectivity index (χ2n) is 0.904. The number of aromatic nitrogens is 2. The van der Waals surface area contributed by atoms with Crippen LogP contribution in [0.4, 0.5) is 0 Å². The van der Waals surface area contributed by atoms with Crippen LogP contribution >= 0.6 is 23.4 Å². The predicted molar refractivity (Wildman–Crippen MR) is 43.5 cm³/mol. The van der Waals surface area contributed by atoms with Crippen molar-refractivity contribution in [2.45, 2.75) is 0 Å². The molecule has 2 nitrogen and oxygen atoms in total. The van der Waals surface area contributed by atoms with Crippen LogP contribution < -0.4 is 0 Å². The molecule has 0 spiro atoms. The van der Waals surface area contributed by atoms with Gasteiger partial charge in [0.2, 0.25) is 0 Å². The zero-order valence-corrected chi connectivity index (χ0v) is 6.83. The van der Waals surface area contributed by atoms with E-state index in [2.05, 4.69) is 9.97 Å². The summed E-state index contributed by atoms with van der Waals surface area (Å²) in [5.41, 5.74) is 0. The van der Waals surface area contributed by atoms with Gasteiger partial charge < -0.3 is 0 Å². The summed E-state index contributed by atoms with van der Waals surface area (Å²) in [5.74, 6) is 0. The molecule has 8 heavy (non-hydrogen) atoms. The Morgan fingerprint density at radius 2 is 1.50 bits per heavy atom. The summed E-state index contributed by atoms with van der Waals surface area (Å²) in [6.45, 7) is 0. The van der Waals surface area contributed by atoms with Gasteiger partial charge in [0, 0.05) is 12.4 Å². The molecule has 0 saturated carbocycles. The third-order valence-corrected chi connectivity index (χ3v) is 0.478. The minimum absolute atomic E-state index is 0. The molecule has 0 aliphatic rings. The SMILES string of the molecule is P.S.c1cncnc1. The molecule has 1 heterocycles. The van der Waals surface area contributed by atoms with Crippen molar-refractivity contribution in [3.05, 3.63) is 24.8 Å². The van der Waals surface area contributed by atoms with Gasteiger partial charge in [0.15, 0.2) is 0 Å². The number of hydrogen-bond acceptors (Lipinski definition) is 2. The van der Waals surface area contributed by atoms with Crippen molar-refractivity contribution < 1.29 is 0 Å². The lowest BCUT2D eigenvalue weighted by atomic mass is 10.7. The Balaban J connectivity index is 0. The maximum Gasteiger partial charge on any atom is 0.115 e. The van der Waals surface area contributed by atoms with Crippen molar-refractivity contribution in [2.75, 3.05) is 0 Å². The molecule has 0 aliphatic heterocycles. The van der Waals surface area contributed by atoms with Crippen molar-refractivity contribution in [3.63, 3.8) is 0 Å². The average molecular weight is 148 g/mol. The third kappa shape index (κ3) is 4.03. The van der Waals surface area contributed by atoms with E-state index in [9.17, 15) is 0 Å². The molecule has 0 amide bonds. The molecular formula is C4H9N2PS. The van der Waals surface area contributed by atoms with Crippen molar-refractivity contribution in [1.82, 2.24) is 9.97 Å². The monoisotopic (exact) mass is 148 g/mol. The molecule has 1 unspecified atom stereocenters. The Bertz CT molecular complexity index is 86.0. The van der Waals surface area contributed by atoms with Gasteiger partial charge in [-0.05, 0) is 6.07 Å². The van der Waals surface area contributed by atoms with Crippen molar-refractivity contribution >= 4 is 23.4 Å². The molecule has 0 fully saturated rings. The smallest absolute Gasteiger partial charge is 0.115 e. The minimum Gasteiger partial charge on any atom is -0.245 e. The molecular weight excluding hydrogens is 139 g/mol. The summed E-state index contributed by atoms with van der Waals surface area (Å²) in [4.78, 5) is 7.35. The highest BCUT2D eigenvalue weighted by atomic mass is 32.1. The van der Waals surface area contributed by atoms with E-state index >= 15 is 0 Å². The quantitative estimate of drug-likeness (QED) is 0.505. The molecule has 0 N–H and O–H groups in total. The lowest BCUT2D eigenvalue weighted by molar-refractivity contribution is 1.17. The van der Waals surface area contributed by atoms with E-state index in [0.29, 0.717) is 0 Å². The van der Waals surface area contributed by atoms with E-state index in [1.54, 1.807) is 18.5 Å². The van der Waals surface area contributed by atoms with Crippen LogP contribution in [0.25, 0.3) is 0 Å². The molecule has 0 aromatic carbocycles. The summed E-state index contributed by atoms with van der Waals surface area (Å²) in [7, 11) is 0. The van der Waals surface area contributed by atoms with Gasteiger partial charge in [-0.25, -0.2) is 9.97 Å². The molecule has 4 heteroatoms.